The molecular weight excluding hydrogens is 222 g/mol. The second-order valence-electron chi connectivity index (χ2n) is 5.92. The second kappa shape index (κ2) is 7.76. The molecule has 1 fully saturated rings. The van der Waals surface area contributed by atoms with Gasteiger partial charge in [-0.2, -0.15) is 5.26 Å². The van der Waals surface area contributed by atoms with E-state index in [-0.39, 0.29) is 5.54 Å². The lowest BCUT2D eigenvalue weighted by molar-refractivity contribution is 0.212. The van der Waals surface area contributed by atoms with Crippen LogP contribution in [0.1, 0.15) is 58.3 Å². The van der Waals surface area contributed by atoms with Gasteiger partial charge in [0.1, 0.15) is 5.54 Å². The van der Waals surface area contributed by atoms with Gasteiger partial charge in [-0.3, -0.25) is 0 Å². The SMILES string of the molecule is CNC(C)(C#N)CCCN(C)C1CCCCCC1. The fourth-order valence-electron chi connectivity index (χ4n) is 2.80. The molecule has 0 spiro atoms. The van der Waals surface area contributed by atoms with Gasteiger partial charge in [-0.25, -0.2) is 0 Å². The van der Waals surface area contributed by atoms with Crippen LogP contribution in [0, 0.1) is 11.3 Å². The first-order valence-electron chi connectivity index (χ1n) is 7.42. The molecule has 1 unspecified atom stereocenters. The van der Waals surface area contributed by atoms with E-state index in [9.17, 15) is 0 Å². The summed E-state index contributed by atoms with van der Waals surface area (Å²) in [7, 11) is 4.12. The Labute approximate surface area is 113 Å². The van der Waals surface area contributed by atoms with E-state index in [0.29, 0.717) is 0 Å². The highest BCUT2D eigenvalue weighted by atomic mass is 15.1. The summed E-state index contributed by atoms with van der Waals surface area (Å²) < 4.78 is 0. The number of nitrogens with zero attached hydrogens (tertiary/aromatic N) is 2. The van der Waals surface area contributed by atoms with Gasteiger partial charge in [0, 0.05) is 6.04 Å². The Morgan fingerprint density at radius 2 is 1.89 bits per heavy atom. The van der Waals surface area contributed by atoms with Crippen LogP contribution in [0.5, 0.6) is 0 Å². The summed E-state index contributed by atoms with van der Waals surface area (Å²) in [6.45, 7) is 3.10. The molecule has 0 amide bonds. The molecule has 1 N–H and O–H groups in total. The van der Waals surface area contributed by atoms with Crippen molar-refractivity contribution in [1.82, 2.24) is 10.2 Å². The minimum absolute atomic E-state index is 0.357. The minimum atomic E-state index is -0.357. The number of nitrogens with one attached hydrogen (secondary N) is 1. The molecule has 0 bridgehead atoms. The molecule has 0 saturated heterocycles. The summed E-state index contributed by atoms with van der Waals surface area (Å²) in [5, 5.41) is 12.2. The van der Waals surface area contributed by atoms with Crippen molar-refractivity contribution in [3.63, 3.8) is 0 Å². The predicted molar refractivity (Wildman–Crippen MR) is 76.4 cm³/mol. The lowest BCUT2D eigenvalue weighted by Gasteiger charge is -2.28. The lowest BCUT2D eigenvalue weighted by Crippen LogP contribution is -2.39. The molecule has 0 aromatic rings. The van der Waals surface area contributed by atoms with Crippen molar-refractivity contribution in [1.29, 1.82) is 5.26 Å². The number of hydrogen-bond acceptors (Lipinski definition) is 3. The third-order valence-corrected chi connectivity index (χ3v) is 4.43. The third-order valence-electron chi connectivity index (χ3n) is 4.43. The summed E-state index contributed by atoms with van der Waals surface area (Å²) in [5.74, 6) is 0. The van der Waals surface area contributed by atoms with Gasteiger partial charge in [0.05, 0.1) is 6.07 Å². The Balaban J connectivity index is 2.27. The van der Waals surface area contributed by atoms with E-state index in [4.69, 9.17) is 5.26 Å². The normalized spacial score (nSPS) is 21.3. The van der Waals surface area contributed by atoms with E-state index < -0.39 is 0 Å². The van der Waals surface area contributed by atoms with Crippen LogP contribution < -0.4 is 5.32 Å². The zero-order valence-corrected chi connectivity index (χ0v) is 12.3. The topological polar surface area (TPSA) is 39.1 Å². The van der Waals surface area contributed by atoms with E-state index in [0.717, 1.165) is 25.4 Å². The highest BCUT2D eigenvalue weighted by molar-refractivity contribution is 5.02. The molecule has 1 atom stereocenters. The van der Waals surface area contributed by atoms with E-state index in [1.165, 1.54) is 38.5 Å². The lowest BCUT2D eigenvalue weighted by atomic mass is 9.97. The molecule has 1 rings (SSSR count). The molecule has 3 heteroatoms. The van der Waals surface area contributed by atoms with Gasteiger partial charge in [0.15, 0.2) is 0 Å². The second-order valence-corrected chi connectivity index (χ2v) is 5.92. The largest absolute Gasteiger partial charge is 0.303 e. The zero-order chi connectivity index (χ0) is 13.4. The molecule has 1 aliphatic carbocycles. The maximum Gasteiger partial charge on any atom is 0.103 e. The van der Waals surface area contributed by atoms with Crippen LogP contribution in [0.2, 0.25) is 0 Å². The van der Waals surface area contributed by atoms with Crippen LogP contribution in [0.4, 0.5) is 0 Å². The molecule has 1 aliphatic rings. The molecule has 0 heterocycles. The van der Waals surface area contributed by atoms with Crippen LogP contribution in [-0.4, -0.2) is 37.1 Å². The minimum Gasteiger partial charge on any atom is -0.303 e. The Morgan fingerprint density at radius 3 is 2.39 bits per heavy atom. The third kappa shape index (κ3) is 4.96. The monoisotopic (exact) mass is 251 g/mol. The molecule has 3 nitrogen and oxygen atoms in total. The van der Waals surface area contributed by atoms with Crippen LogP contribution in [0.3, 0.4) is 0 Å². The fraction of sp³-hybridized carbons (Fsp3) is 0.933. The van der Waals surface area contributed by atoms with Gasteiger partial charge in [-0.15, -0.1) is 0 Å². The molecule has 1 saturated carbocycles. The van der Waals surface area contributed by atoms with Crippen molar-refractivity contribution < 1.29 is 0 Å². The Morgan fingerprint density at radius 1 is 1.28 bits per heavy atom. The van der Waals surface area contributed by atoms with E-state index in [1.807, 2.05) is 14.0 Å². The maximum absolute atomic E-state index is 9.11. The zero-order valence-electron chi connectivity index (χ0n) is 12.3. The summed E-state index contributed by atoms with van der Waals surface area (Å²) in [4.78, 5) is 2.51. The fourth-order valence-corrected chi connectivity index (χ4v) is 2.80. The van der Waals surface area contributed by atoms with Crippen LogP contribution in [0.25, 0.3) is 0 Å². The quantitative estimate of drug-likeness (QED) is 0.738. The summed E-state index contributed by atoms with van der Waals surface area (Å²) in [6, 6.07) is 3.14. The maximum atomic E-state index is 9.11. The van der Waals surface area contributed by atoms with E-state index in [1.54, 1.807) is 0 Å². The number of nitriles is 1. The summed E-state index contributed by atoms with van der Waals surface area (Å²) in [5.41, 5.74) is -0.357. The molecule has 0 aliphatic heterocycles. The van der Waals surface area contributed by atoms with Crippen molar-refractivity contribution in [2.24, 2.45) is 0 Å². The van der Waals surface area contributed by atoms with Gasteiger partial charge in [0.25, 0.3) is 0 Å². The first-order valence-corrected chi connectivity index (χ1v) is 7.42. The highest BCUT2D eigenvalue weighted by Crippen LogP contribution is 2.21. The van der Waals surface area contributed by atoms with Crippen molar-refractivity contribution in [3.05, 3.63) is 0 Å². The van der Waals surface area contributed by atoms with Crippen molar-refractivity contribution in [2.45, 2.75) is 69.9 Å². The van der Waals surface area contributed by atoms with Gasteiger partial charge in [-0.05, 0) is 53.2 Å². The van der Waals surface area contributed by atoms with E-state index >= 15 is 0 Å². The van der Waals surface area contributed by atoms with Crippen molar-refractivity contribution in [3.8, 4) is 6.07 Å². The average Bonchev–Trinajstić information content (AvgIpc) is 2.67. The predicted octanol–water partition coefficient (Wildman–Crippen LogP) is 2.92. The molecule has 0 aromatic heterocycles. The summed E-state index contributed by atoms with van der Waals surface area (Å²) >= 11 is 0. The highest BCUT2D eigenvalue weighted by Gasteiger charge is 2.22. The van der Waals surface area contributed by atoms with Gasteiger partial charge in [0.2, 0.25) is 0 Å². The van der Waals surface area contributed by atoms with Crippen molar-refractivity contribution >= 4 is 0 Å². The standard InChI is InChI=1S/C15H29N3/c1-15(13-16,17-2)11-8-12-18(3)14-9-6-4-5-7-10-14/h14,17H,4-12H2,1-3H3. The smallest absolute Gasteiger partial charge is 0.103 e. The first kappa shape index (κ1) is 15.5. The summed E-state index contributed by atoms with van der Waals surface area (Å²) in [6.07, 6.45) is 10.3. The van der Waals surface area contributed by atoms with Gasteiger partial charge < -0.3 is 10.2 Å². The Bertz CT molecular complexity index is 263. The van der Waals surface area contributed by atoms with E-state index in [2.05, 4.69) is 23.3 Å². The molecule has 104 valence electrons. The van der Waals surface area contributed by atoms with Gasteiger partial charge >= 0.3 is 0 Å². The molecule has 0 radical (unpaired) electrons. The van der Waals surface area contributed by atoms with Crippen LogP contribution >= 0.6 is 0 Å². The van der Waals surface area contributed by atoms with Crippen LogP contribution in [0.15, 0.2) is 0 Å². The Kier molecular flexibility index (Phi) is 6.67. The van der Waals surface area contributed by atoms with Crippen LogP contribution in [-0.2, 0) is 0 Å². The van der Waals surface area contributed by atoms with Crippen molar-refractivity contribution in [2.75, 3.05) is 20.6 Å². The van der Waals surface area contributed by atoms with Gasteiger partial charge in [-0.1, -0.05) is 25.7 Å². The number of hydrogen-bond donors (Lipinski definition) is 1. The Hall–Kier alpha value is -0.590. The molecule has 18 heavy (non-hydrogen) atoms. The average molecular weight is 251 g/mol. The molecule has 0 aromatic carbocycles. The number of rotatable bonds is 6. The first-order chi connectivity index (χ1) is 8.61. The molecular formula is C15H29N3.